The fourth-order valence-corrected chi connectivity index (χ4v) is 6.00. The number of piperidine rings is 1. The van der Waals surface area contributed by atoms with Gasteiger partial charge in [-0.05, 0) is 62.7 Å². The van der Waals surface area contributed by atoms with Crippen molar-refractivity contribution in [1.29, 1.82) is 5.26 Å². The summed E-state index contributed by atoms with van der Waals surface area (Å²) in [5.74, 6) is 1.97. The standard InChI is InChI=1S/C32H31F2N7O/c1-4-22-25(33)8-7-20-14-19(16-35)15-23(26(20)22)28-27(34)29-24(17-37-28)30(40(3)18-21-6-5-11-36-21)39-31(38-29)41-12-9-32(2,42)10-13-41/h1,7-8,14-15,17,21,36,42H,5-6,9-13,18H2,2-3H3/t21-/m1/s1. The van der Waals surface area contributed by atoms with Gasteiger partial charge in [0.25, 0.3) is 0 Å². The summed E-state index contributed by atoms with van der Waals surface area (Å²) in [5, 5.41) is 24.9. The number of hydrogen-bond acceptors (Lipinski definition) is 8. The van der Waals surface area contributed by atoms with Gasteiger partial charge in [0.15, 0.2) is 5.82 Å². The number of anilines is 2. The number of rotatable bonds is 5. The van der Waals surface area contributed by atoms with Crippen LogP contribution < -0.4 is 15.1 Å². The lowest BCUT2D eigenvalue weighted by molar-refractivity contribution is 0.0349. The summed E-state index contributed by atoms with van der Waals surface area (Å²) in [5.41, 5.74) is -0.333. The molecule has 2 saturated heterocycles. The SMILES string of the molecule is C#Cc1c(F)ccc2cc(C#N)cc(-c3ncc4c(N(C)C[C@H]5CCCN5)nc(N5CCC(C)(O)CC5)nc4c3F)c12. The van der Waals surface area contributed by atoms with E-state index in [1.165, 1.54) is 24.4 Å². The number of hydrogen-bond donors (Lipinski definition) is 2. The Kier molecular flexibility index (Phi) is 7.14. The third kappa shape index (κ3) is 4.98. The average Bonchev–Trinajstić information content (AvgIpc) is 3.49. The minimum Gasteiger partial charge on any atom is -0.390 e. The van der Waals surface area contributed by atoms with Crippen molar-refractivity contribution < 1.29 is 13.9 Å². The molecular weight excluding hydrogens is 536 g/mol. The first-order valence-corrected chi connectivity index (χ1v) is 14.1. The van der Waals surface area contributed by atoms with Crippen molar-refractivity contribution in [1.82, 2.24) is 20.3 Å². The number of fused-ring (bicyclic) bond motifs is 2. The van der Waals surface area contributed by atoms with Gasteiger partial charge in [0.2, 0.25) is 5.95 Å². The highest BCUT2D eigenvalue weighted by Gasteiger charge is 2.30. The van der Waals surface area contributed by atoms with Gasteiger partial charge in [0.1, 0.15) is 22.8 Å². The number of halogens is 2. The van der Waals surface area contributed by atoms with Crippen LogP contribution in [0.2, 0.25) is 0 Å². The van der Waals surface area contributed by atoms with E-state index < -0.39 is 17.2 Å². The molecule has 0 amide bonds. The van der Waals surface area contributed by atoms with Gasteiger partial charge in [-0.1, -0.05) is 12.0 Å². The molecule has 4 heterocycles. The molecule has 2 fully saturated rings. The fraction of sp³-hybridized carbons (Fsp3) is 0.375. The third-order valence-electron chi connectivity index (χ3n) is 8.39. The Morgan fingerprint density at radius 1 is 1.24 bits per heavy atom. The molecule has 2 N–H and O–H groups in total. The second-order valence-electron chi connectivity index (χ2n) is 11.5. The van der Waals surface area contributed by atoms with Crippen LogP contribution in [-0.4, -0.2) is 64.9 Å². The minimum absolute atomic E-state index is 0.0264. The smallest absolute Gasteiger partial charge is 0.228 e. The zero-order valence-electron chi connectivity index (χ0n) is 23.6. The molecule has 2 aromatic heterocycles. The van der Waals surface area contributed by atoms with Crippen LogP contribution in [0.25, 0.3) is 32.9 Å². The van der Waals surface area contributed by atoms with Crippen LogP contribution in [0.3, 0.4) is 0 Å². The van der Waals surface area contributed by atoms with Gasteiger partial charge in [0.05, 0.1) is 28.2 Å². The Morgan fingerprint density at radius 3 is 2.71 bits per heavy atom. The molecule has 0 unspecified atom stereocenters. The zero-order chi connectivity index (χ0) is 29.6. The highest BCUT2D eigenvalue weighted by Crippen LogP contribution is 2.38. The highest BCUT2D eigenvalue weighted by atomic mass is 19.1. The van der Waals surface area contributed by atoms with Crippen LogP contribution in [0.15, 0.2) is 30.5 Å². The maximum Gasteiger partial charge on any atom is 0.228 e. The van der Waals surface area contributed by atoms with Crippen LogP contribution in [0, 0.1) is 35.3 Å². The Morgan fingerprint density at radius 2 is 2.02 bits per heavy atom. The molecule has 8 nitrogen and oxygen atoms in total. The lowest BCUT2D eigenvalue weighted by Crippen LogP contribution is -2.43. The first-order valence-electron chi connectivity index (χ1n) is 14.1. The van der Waals surface area contributed by atoms with Gasteiger partial charge >= 0.3 is 0 Å². The number of aliphatic hydroxyl groups is 1. The molecule has 0 bridgehead atoms. The van der Waals surface area contributed by atoms with Gasteiger partial charge in [-0.25, -0.2) is 13.8 Å². The van der Waals surface area contributed by atoms with E-state index in [1.54, 1.807) is 6.07 Å². The molecule has 0 spiro atoms. The zero-order valence-corrected chi connectivity index (χ0v) is 23.6. The van der Waals surface area contributed by atoms with E-state index in [1.807, 2.05) is 23.8 Å². The Hall–Kier alpha value is -4.38. The van der Waals surface area contributed by atoms with Crippen molar-refractivity contribution in [3.8, 4) is 29.7 Å². The minimum atomic E-state index is -0.778. The highest BCUT2D eigenvalue weighted by molar-refractivity contribution is 6.03. The van der Waals surface area contributed by atoms with Crippen LogP contribution in [0.4, 0.5) is 20.5 Å². The Balaban J connectivity index is 1.56. The van der Waals surface area contributed by atoms with Crippen molar-refractivity contribution in [2.24, 2.45) is 0 Å². The number of benzene rings is 2. The Labute approximate surface area is 243 Å². The molecule has 4 aromatic rings. The molecule has 1 atom stereocenters. The number of nitriles is 1. The molecule has 42 heavy (non-hydrogen) atoms. The number of nitrogens with one attached hydrogen (secondary N) is 1. The van der Waals surface area contributed by atoms with E-state index in [9.17, 15) is 14.8 Å². The summed E-state index contributed by atoms with van der Waals surface area (Å²) >= 11 is 0. The summed E-state index contributed by atoms with van der Waals surface area (Å²) in [4.78, 5) is 18.0. The van der Waals surface area contributed by atoms with Gasteiger partial charge in [-0.2, -0.15) is 10.2 Å². The van der Waals surface area contributed by atoms with Crippen LogP contribution in [0.1, 0.15) is 43.7 Å². The molecule has 0 saturated carbocycles. The largest absolute Gasteiger partial charge is 0.390 e. The number of nitrogens with zero attached hydrogens (tertiary/aromatic N) is 6. The second kappa shape index (κ2) is 10.8. The molecular formula is C32H31F2N7O. The summed E-state index contributed by atoms with van der Waals surface area (Å²) in [6, 6.07) is 8.20. The predicted octanol–water partition coefficient (Wildman–Crippen LogP) is 4.52. The fourth-order valence-electron chi connectivity index (χ4n) is 6.00. The van der Waals surface area contributed by atoms with E-state index in [2.05, 4.69) is 27.3 Å². The van der Waals surface area contributed by atoms with E-state index in [0.717, 1.165) is 19.4 Å². The van der Waals surface area contributed by atoms with Crippen molar-refractivity contribution in [3.63, 3.8) is 0 Å². The number of aromatic nitrogens is 3. The van der Waals surface area contributed by atoms with Gasteiger partial charge in [-0.15, -0.1) is 6.42 Å². The van der Waals surface area contributed by atoms with E-state index in [4.69, 9.17) is 11.4 Å². The summed E-state index contributed by atoms with van der Waals surface area (Å²) in [6.07, 6.45) is 10.4. The quantitative estimate of drug-likeness (QED) is 0.340. The van der Waals surface area contributed by atoms with E-state index in [0.29, 0.717) is 60.4 Å². The maximum absolute atomic E-state index is 16.7. The van der Waals surface area contributed by atoms with Crippen molar-refractivity contribution in [2.75, 3.05) is 43.0 Å². The van der Waals surface area contributed by atoms with Crippen LogP contribution in [0.5, 0.6) is 0 Å². The monoisotopic (exact) mass is 567 g/mol. The molecule has 10 heteroatoms. The lowest BCUT2D eigenvalue weighted by Gasteiger charge is -2.36. The normalized spacial score (nSPS) is 18.3. The van der Waals surface area contributed by atoms with Crippen molar-refractivity contribution in [2.45, 2.75) is 44.2 Å². The van der Waals surface area contributed by atoms with Crippen molar-refractivity contribution in [3.05, 3.63) is 53.2 Å². The number of terminal acetylenes is 1. The molecule has 6 rings (SSSR count). The maximum atomic E-state index is 16.7. The molecule has 2 aliphatic heterocycles. The number of pyridine rings is 1. The predicted molar refractivity (Wildman–Crippen MR) is 159 cm³/mol. The Bertz CT molecular complexity index is 1780. The van der Waals surface area contributed by atoms with Gasteiger partial charge in [0, 0.05) is 49.9 Å². The topological polar surface area (TPSA) is 101 Å². The van der Waals surface area contributed by atoms with Gasteiger partial charge in [-0.3, -0.25) is 4.98 Å². The molecule has 0 radical (unpaired) electrons. The van der Waals surface area contributed by atoms with Crippen LogP contribution in [-0.2, 0) is 0 Å². The second-order valence-corrected chi connectivity index (χ2v) is 11.5. The molecule has 0 aliphatic carbocycles. The lowest BCUT2D eigenvalue weighted by atomic mass is 9.94. The van der Waals surface area contributed by atoms with Crippen molar-refractivity contribution >= 4 is 33.4 Å². The molecule has 2 aromatic carbocycles. The van der Waals surface area contributed by atoms with Gasteiger partial charge < -0.3 is 20.2 Å². The van der Waals surface area contributed by atoms with E-state index in [-0.39, 0.29) is 33.9 Å². The summed E-state index contributed by atoms with van der Waals surface area (Å²) in [6.45, 7) is 4.47. The first kappa shape index (κ1) is 27.8. The first-order chi connectivity index (χ1) is 20.2. The summed E-state index contributed by atoms with van der Waals surface area (Å²) < 4.78 is 31.5. The van der Waals surface area contributed by atoms with E-state index >= 15 is 4.39 Å². The summed E-state index contributed by atoms with van der Waals surface area (Å²) in [7, 11) is 1.92. The number of likely N-dealkylation sites (N-methyl/N-ethyl adjacent to an activating group) is 1. The van der Waals surface area contributed by atoms with Crippen LogP contribution >= 0.6 is 0 Å². The average molecular weight is 568 g/mol. The third-order valence-corrected chi connectivity index (χ3v) is 8.39. The molecule has 2 aliphatic rings. The molecule has 214 valence electrons.